The van der Waals surface area contributed by atoms with Crippen LogP contribution in [0.5, 0.6) is 0 Å². The van der Waals surface area contributed by atoms with E-state index in [0.29, 0.717) is 16.5 Å². The van der Waals surface area contributed by atoms with Crippen LogP contribution >= 0.6 is 23.2 Å². The molecule has 106 valence electrons. The van der Waals surface area contributed by atoms with Crippen LogP contribution in [-0.2, 0) is 0 Å². The van der Waals surface area contributed by atoms with E-state index in [0.717, 1.165) is 24.6 Å². The number of nitrogens with zero attached hydrogens (tertiary/aromatic N) is 1. The smallest absolute Gasteiger partial charge is 0.0817 e. The second-order valence-electron chi connectivity index (χ2n) is 5.51. The van der Waals surface area contributed by atoms with E-state index in [1.54, 1.807) is 6.07 Å². The van der Waals surface area contributed by atoms with Gasteiger partial charge in [0.2, 0.25) is 0 Å². The third-order valence-electron chi connectivity index (χ3n) is 3.92. The molecule has 2 rings (SSSR count). The van der Waals surface area contributed by atoms with Gasteiger partial charge in [0.15, 0.2) is 0 Å². The van der Waals surface area contributed by atoms with Crippen molar-refractivity contribution >= 4 is 23.2 Å². The maximum absolute atomic E-state index is 10.2. The van der Waals surface area contributed by atoms with Gasteiger partial charge in [0.25, 0.3) is 0 Å². The third-order valence-corrected chi connectivity index (χ3v) is 4.75. The number of aliphatic hydroxyl groups is 1. The zero-order valence-corrected chi connectivity index (χ0v) is 12.8. The molecule has 0 radical (unpaired) electrons. The Bertz CT molecular complexity index is 421. The molecule has 0 aliphatic heterocycles. The number of hydrogen-bond acceptors (Lipinski definition) is 2. The van der Waals surface area contributed by atoms with Crippen LogP contribution in [0, 0.1) is 5.92 Å². The van der Waals surface area contributed by atoms with Gasteiger partial charge in [-0.05, 0) is 38.3 Å². The maximum atomic E-state index is 10.2. The fourth-order valence-corrected chi connectivity index (χ4v) is 2.92. The highest BCUT2D eigenvalue weighted by molar-refractivity contribution is 6.42. The predicted octanol–water partition coefficient (Wildman–Crippen LogP) is 4.15. The standard InChI is InChI=1S/C15H21Cl2NO/c1-18(10-11-4-2-5-11)9-8-14(19)12-6-3-7-13(16)15(12)17/h3,6-7,11,14,19H,2,4-5,8-10H2,1H3. The normalized spacial score (nSPS) is 17.5. The summed E-state index contributed by atoms with van der Waals surface area (Å²) in [5.41, 5.74) is 0.728. The molecule has 0 saturated heterocycles. The molecule has 1 atom stereocenters. The van der Waals surface area contributed by atoms with Gasteiger partial charge in [-0.25, -0.2) is 0 Å². The van der Waals surface area contributed by atoms with Gasteiger partial charge in [0.1, 0.15) is 0 Å². The molecule has 0 bridgehead atoms. The molecule has 1 aliphatic carbocycles. The molecule has 0 heterocycles. The number of hydrogen-bond donors (Lipinski definition) is 1. The summed E-state index contributed by atoms with van der Waals surface area (Å²) in [5, 5.41) is 11.2. The Hall–Kier alpha value is -0.280. The largest absolute Gasteiger partial charge is 0.388 e. The molecule has 1 N–H and O–H groups in total. The Labute approximate surface area is 125 Å². The van der Waals surface area contributed by atoms with E-state index in [2.05, 4.69) is 11.9 Å². The van der Waals surface area contributed by atoms with E-state index in [-0.39, 0.29) is 0 Å². The van der Waals surface area contributed by atoms with Crippen LogP contribution in [0.25, 0.3) is 0 Å². The summed E-state index contributed by atoms with van der Waals surface area (Å²) >= 11 is 12.1. The van der Waals surface area contributed by atoms with Gasteiger partial charge in [0, 0.05) is 18.7 Å². The van der Waals surface area contributed by atoms with Gasteiger partial charge in [-0.15, -0.1) is 0 Å². The molecule has 19 heavy (non-hydrogen) atoms. The van der Waals surface area contributed by atoms with E-state index < -0.39 is 6.10 Å². The van der Waals surface area contributed by atoms with Crippen molar-refractivity contribution in [3.8, 4) is 0 Å². The van der Waals surface area contributed by atoms with Gasteiger partial charge >= 0.3 is 0 Å². The predicted molar refractivity (Wildman–Crippen MR) is 80.9 cm³/mol. The van der Waals surface area contributed by atoms with Crippen LogP contribution in [0.3, 0.4) is 0 Å². The van der Waals surface area contributed by atoms with Crippen LogP contribution in [-0.4, -0.2) is 30.1 Å². The summed E-state index contributed by atoms with van der Waals surface area (Å²) in [5.74, 6) is 0.858. The summed E-state index contributed by atoms with van der Waals surface area (Å²) in [7, 11) is 2.12. The van der Waals surface area contributed by atoms with Crippen molar-refractivity contribution < 1.29 is 5.11 Å². The molecule has 1 aromatic carbocycles. The molecule has 1 fully saturated rings. The fraction of sp³-hybridized carbons (Fsp3) is 0.600. The molecule has 4 heteroatoms. The van der Waals surface area contributed by atoms with E-state index in [4.69, 9.17) is 23.2 Å². The number of halogens is 2. The molecule has 0 aromatic heterocycles. The molecular formula is C15H21Cl2NO. The number of benzene rings is 1. The van der Waals surface area contributed by atoms with E-state index in [1.807, 2.05) is 12.1 Å². The van der Waals surface area contributed by atoms with Gasteiger partial charge in [-0.2, -0.15) is 0 Å². The van der Waals surface area contributed by atoms with Crippen molar-refractivity contribution in [2.75, 3.05) is 20.1 Å². The third kappa shape index (κ3) is 4.09. The average Bonchev–Trinajstić information content (AvgIpc) is 2.34. The van der Waals surface area contributed by atoms with Crippen LogP contribution in [0.15, 0.2) is 18.2 Å². The highest BCUT2D eigenvalue weighted by Gasteiger charge is 2.20. The van der Waals surface area contributed by atoms with E-state index in [1.165, 1.54) is 19.3 Å². The van der Waals surface area contributed by atoms with E-state index in [9.17, 15) is 5.11 Å². The quantitative estimate of drug-likeness (QED) is 0.853. The fourth-order valence-electron chi connectivity index (χ4n) is 2.48. The van der Waals surface area contributed by atoms with Crippen molar-refractivity contribution in [2.24, 2.45) is 5.92 Å². The highest BCUT2D eigenvalue weighted by Crippen LogP contribution is 2.31. The summed E-state index contributed by atoms with van der Waals surface area (Å²) in [6.45, 7) is 2.01. The zero-order valence-electron chi connectivity index (χ0n) is 11.3. The van der Waals surface area contributed by atoms with Crippen molar-refractivity contribution in [3.63, 3.8) is 0 Å². The molecule has 1 unspecified atom stereocenters. The average molecular weight is 302 g/mol. The van der Waals surface area contributed by atoms with Gasteiger partial charge in [-0.3, -0.25) is 0 Å². The van der Waals surface area contributed by atoms with Gasteiger partial charge < -0.3 is 10.0 Å². The Kier molecular flexibility index (Phi) is 5.52. The first-order valence-corrected chi connectivity index (χ1v) is 7.64. The van der Waals surface area contributed by atoms with Crippen LogP contribution in [0.2, 0.25) is 10.0 Å². The molecular weight excluding hydrogens is 281 g/mol. The Morgan fingerprint density at radius 2 is 2.11 bits per heavy atom. The van der Waals surface area contributed by atoms with Crippen molar-refractivity contribution in [1.82, 2.24) is 4.90 Å². The minimum atomic E-state index is -0.546. The minimum Gasteiger partial charge on any atom is -0.388 e. The monoisotopic (exact) mass is 301 g/mol. The van der Waals surface area contributed by atoms with Gasteiger partial charge in [0.05, 0.1) is 16.1 Å². The summed E-state index contributed by atoms with van der Waals surface area (Å²) < 4.78 is 0. The maximum Gasteiger partial charge on any atom is 0.0817 e. The first kappa shape index (κ1) is 15.1. The first-order valence-electron chi connectivity index (χ1n) is 6.88. The second kappa shape index (κ2) is 6.94. The topological polar surface area (TPSA) is 23.5 Å². The van der Waals surface area contributed by atoms with E-state index >= 15 is 0 Å². The molecule has 1 saturated carbocycles. The number of rotatable bonds is 6. The summed E-state index contributed by atoms with van der Waals surface area (Å²) in [4.78, 5) is 2.30. The molecule has 1 aliphatic rings. The minimum absolute atomic E-state index is 0.471. The Morgan fingerprint density at radius 3 is 2.74 bits per heavy atom. The van der Waals surface area contributed by atoms with Crippen LogP contribution in [0.4, 0.5) is 0 Å². The summed E-state index contributed by atoms with van der Waals surface area (Å²) in [6.07, 6.45) is 4.22. The molecule has 0 amide bonds. The first-order chi connectivity index (χ1) is 9.08. The molecule has 0 spiro atoms. The summed E-state index contributed by atoms with van der Waals surface area (Å²) in [6, 6.07) is 5.40. The SMILES string of the molecule is CN(CCC(O)c1cccc(Cl)c1Cl)CC1CCC1. The van der Waals surface area contributed by atoms with Gasteiger partial charge in [-0.1, -0.05) is 41.8 Å². The van der Waals surface area contributed by atoms with Crippen molar-refractivity contribution in [3.05, 3.63) is 33.8 Å². The van der Waals surface area contributed by atoms with Crippen LogP contribution in [0.1, 0.15) is 37.4 Å². The highest BCUT2D eigenvalue weighted by atomic mass is 35.5. The van der Waals surface area contributed by atoms with Crippen LogP contribution < -0.4 is 0 Å². The lowest BCUT2D eigenvalue weighted by atomic mass is 9.85. The lowest BCUT2D eigenvalue weighted by Crippen LogP contribution is -2.30. The van der Waals surface area contributed by atoms with Crippen molar-refractivity contribution in [2.45, 2.75) is 31.8 Å². The number of aliphatic hydroxyl groups excluding tert-OH is 1. The Morgan fingerprint density at radius 1 is 1.37 bits per heavy atom. The second-order valence-corrected chi connectivity index (χ2v) is 6.29. The zero-order chi connectivity index (χ0) is 13.8. The lowest BCUT2D eigenvalue weighted by Gasteiger charge is -2.30. The van der Waals surface area contributed by atoms with Crippen molar-refractivity contribution in [1.29, 1.82) is 0 Å². The Balaban J connectivity index is 1.82. The lowest BCUT2D eigenvalue weighted by molar-refractivity contribution is 0.135. The molecule has 1 aromatic rings. The molecule has 2 nitrogen and oxygen atoms in total.